The number of nitrogens with zero attached hydrogens (tertiary/aromatic N) is 1. The number of amides is 3. The minimum atomic E-state index is -4.86. The van der Waals surface area contributed by atoms with Crippen LogP contribution in [0, 0.1) is 11.8 Å². The minimum Gasteiger partial charge on any atom is -0.365 e. The Kier molecular flexibility index (Phi) is 6.47. The Morgan fingerprint density at radius 3 is 2.45 bits per heavy atom. The van der Waals surface area contributed by atoms with Gasteiger partial charge in [-0.2, -0.15) is 13.2 Å². The Balaban J connectivity index is 1.37. The summed E-state index contributed by atoms with van der Waals surface area (Å²) in [5.74, 6) is -2.24. The van der Waals surface area contributed by atoms with Crippen molar-refractivity contribution in [1.82, 2.24) is 10.2 Å². The van der Waals surface area contributed by atoms with Gasteiger partial charge < -0.3 is 16.0 Å². The van der Waals surface area contributed by atoms with Crippen molar-refractivity contribution in [2.75, 3.05) is 13.1 Å². The number of fused-ring (bicyclic) bond motifs is 1. The van der Waals surface area contributed by atoms with E-state index >= 15 is 0 Å². The predicted octanol–water partition coefficient (Wildman–Crippen LogP) is 3.95. The summed E-state index contributed by atoms with van der Waals surface area (Å²) in [7, 11) is 0. The largest absolute Gasteiger partial charge is 0.471 e. The summed E-state index contributed by atoms with van der Waals surface area (Å²) < 4.78 is 37.0. The van der Waals surface area contributed by atoms with Crippen LogP contribution in [0.1, 0.15) is 51.3 Å². The van der Waals surface area contributed by atoms with E-state index in [1.165, 1.54) is 11.3 Å². The molecule has 0 atom stereocenters. The van der Waals surface area contributed by atoms with E-state index in [1.807, 2.05) is 23.5 Å². The molecule has 6 nitrogen and oxygen atoms in total. The first-order chi connectivity index (χ1) is 15.6. The van der Waals surface area contributed by atoms with Crippen molar-refractivity contribution >= 4 is 29.1 Å². The molecule has 0 spiro atoms. The Morgan fingerprint density at radius 1 is 1.09 bits per heavy atom. The van der Waals surface area contributed by atoms with Crippen molar-refractivity contribution in [3.05, 3.63) is 45.6 Å². The first-order valence-corrected chi connectivity index (χ1v) is 11.7. The molecule has 3 N–H and O–H groups in total. The van der Waals surface area contributed by atoms with Crippen molar-refractivity contribution < 1.29 is 27.6 Å². The molecule has 1 fully saturated rings. The number of hydrogen-bond acceptors (Lipinski definition) is 4. The maximum Gasteiger partial charge on any atom is 0.471 e. The number of benzene rings is 1. The second kappa shape index (κ2) is 9.17. The lowest BCUT2D eigenvalue weighted by Gasteiger charge is -2.31. The number of alkyl halides is 3. The molecule has 0 bridgehead atoms. The first-order valence-electron chi connectivity index (χ1n) is 10.8. The second-order valence-electron chi connectivity index (χ2n) is 8.65. The minimum absolute atomic E-state index is 0.0106. The molecule has 1 aromatic carbocycles. The lowest BCUT2D eigenvalue weighted by atomic mass is 9.81. The zero-order chi connectivity index (χ0) is 23.8. The van der Waals surface area contributed by atoms with E-state index in [4.69, 9.17) is 5.73 Å². The van der Waals surface area contributed by atoms with Crippen LogP contribution in [0.25, 0.3) is 11.1 Å². The van der Waals surface area contributed by atoms with Crippen LogP contribution in [0.5, 0.6) is 0 Å². The highest BCUT2D eigenvalue weighted by Gasteiger charge is 2.39. The fourth-order valence-corrected chi connectivity index (χ4v) is 5.53. The summed E-state index contributed by atoms with van der Waals surface area (Å²) >= 11 is 1.25. The molecular weight excluding hydrogens is 455 g/mol. The summed E-state index contributed by atoms with van der Waals surface area (Å²) in [4.78, 5) is 38.3. The average molecular weight is 480 g/mol. The number of thiophene rings is 1. The molecule has 1 aromatic heterocycles. The number of nitrogens with two attached hydrogens (primary N) is 1. The van der Waals surface area contributed by atoms with E-state index in [2.05, 4.69) is 0 Å². The van der Waals surface area contributed by atoms with Crippen LogP contribution in [0.2, 0.25) is 0 Å². The standard InChI is InChI=1S/C23H24F3N3O3S/c24-23(25,26)22(32)28-10-13-4-6-14(7-5-13)11-29-12-15-2-1-3-16(18(15)21(29)31)17-8-9-33-19(17)20(27)30/h1-3,8-9,13-14H,4-7,10-12H2,(H2,27,30)(H,28,32). The molecule has 0 unspecified atom stereocenters. The molecular formula is C23H24F3N3O3S. The Morgan fingerprint density at radius 2 is 1.79 bits per heavy atom. The van der Waals surface area contributed by atoms with E-state index in [9.17, 15) is 27.6 Å². The molecule has 4 rings (SSSR count). The molecule has 2 aliphatic rings. The van der Waals surface area contributed by atoms with Crippen molar-refractivity contribution in [3.8, 4) is 11.1 Å². The average Bonchev–Trinajstić information content (AvgIpc) is 3.38. The van der Waals surface area contributed by atoms with Crippen LogP contribution in [-0.4, -0.2) is 41.9 Å². The highest BCUT2D eigenvalue weighted by Crippen LogP contribution is 2.37. The number of halogens is 3. The van der Waals surface area contributed by atoms with E-state index < -0.39 is 18.0 Å². The van der Waals surface area contributed by atoms with E-state index in [1.54, 1.807) is 16.3 Å². The van der Waals surface area contributed by atoms with Gasteiger partial charge in [0.1, 0.15) is 0 Å². The van der Waals surface area contributed by atoms with Crippen LogP contribution < -0.4 is 11.1 Å². The van der Waals surface area contributed by atoms with E-state index in [0.717, 1.165) is 18.4 Å². The number of hydrogen-bond donors (Lipinski definition) is 2. The topological polar surface area (TPSA) is 92.5 Å². The number of carbonyl (C=O) groups excluding carboxylic acids is 3. The van der Waals surface area contributed by atoms with Crippen molar-refractivity contribution in [2.24, 2.45) is 17.6 Å². The van der Waals surface area contributed by atoms with Gasteiger partial charge in [0, 0.05) is 25.2 Å². The van der Waals surface area contributed by atoms with Gasteiger partial charge in [-0.1, -0.05) is 18.2 Å². The number of primary amides is 1. The van der Waals surface area contributed by atoms with Gasteiger partial charge >= 0.3 is 12.1 Å². The van der Waals surface area contributed by atoms with Gasteiger partial charge in [0.2, 0.25) is 0 Å². The van der Waals surface area contributed by atoms with Crippen LogP contribution >= 0.6 is 11.3 Å². The van der Waals surface area contributed by atoms with Gasteiger partial charge in [0.05, 0.1) is 10.4 Å². The number of rotatable bonds is 6. The normalized spacial score (nSPS) is 20.6. The summed E-state index contributed by atoms with van der Waals surface area (Å²) in [5, 5.41) is 3.75. The summed E-state index contributed by atoms with van der Waals surface area (Å²) in [6, 6.07) is 7.41. The van der Waals surface area contributed by atoms with Gasteiger partial charge in [-0.05, 0) is 60.1 Å². The molecule has 10 heteroatoms. The molecule has 1 aliphatic heterocycles. The molecule has 1 aliphatic carbocycles. The lowest BCUT2D eigenvalue weighted by molar-refractivity contribution is -0.173. The molecule has 0 saturated heterocycles. The van der Waals surface area contributed by atoms with Crippen LogP contribution in [0.15, 0.2) is 29.6 Å². The quantitative estimate of drug-likeness (QED) is 0.657. The zero-order valence-corrected chi connectivity index (χ0v) is 18.6. The highest BCUT2D eigenvalue weighted by atomic mass is 32.1. The Labute approximate surface area is 192 Å². The number of carbonyl (C=O) groups is 3. The molecule has 0 radical (unpaired) electrons. The van der Waals surface area contributed by atoms with Crippen LogP contribution in [0.3, 0.4) is 0 Å². The third kappa shape index (κ3) is 4.90. The molecule has 33 heavy (non-hydrogen) atoms. The predicted molar refractivity (Wildman–Crippen MR) is 118 cm³/mol. The van der Waals surface area contributed by atoms with Crippen LogP contribution in [0.4, 0.5) is 13.2 Å². The van der Waals surface area contributed by atoms with Crippen molar-refractivity contribution in [2.45, 2.75) is 38.4 Å². The van der Waals surface area contributed by atoms with Gasteiger partial charge in [0.25, 0.3) is 11.8 Å². The van der Waals surface area contributed by atoms with Gasteiger partial charge in [-0.3, -0.25) is 14.4 Å². The fraction of sp³-hybridized carbons (Fsp3) is 0.435. The first kappa shape index (κ1) is 23.3. The number of nitrogens with one attached hydrogen (secondary N) is 1. The van der Waals surface area contributed by atoms with Gasteiger partial charge in [-0.15, -0.1) is 11.3 Å². The maximum absolute atomic E-state index is 13.3. The smallest absolute Gasteiger partial charge is 0.365 e. The van der Waals surface area contributed by atoms with E-state index in [-0.39, 0.29) is 24.3 Å². The van der Waals surface area contributed by atoms with Crippen LogP contribution in [-0.2, 0) is 11.3 Å². The third-order valence-electron chi connectivity index (χ3n) is 6.45. The van der Waals surface area contributed by atoms with Gasteiger partial charge in [0.15, 0.2) is 0 Å². The van der Waals surface area contributed by atoms with Crippen molar-refractivity contribution in [3.63, 3.8) is 0 Å². The molecule has 176 valence electrons. The van der Waals surface area contributed by atoms with Gasteiger partial charge in [-0.25, -0.2) is 0 Å². The summed E-state index contributed by atoms with van der Waals surface area (Å²) in [6.07, 6.45) is -1.87. The molecule has 3 amide bonds. The SMILES string of the molecule is NC(=O)c1sccc1-c1cccc2c1C(=O)N(CC1CCC(CNC(=O)C(F)(F)F)CC1)C2. The molecule has 2 heterocycles. The fourth-order valence-electron chi connectivity index (χ4n) is 4.77. The third-order valence-corrected chi connectivity index (χ3v) is 7.37. The Bertz CT molecular complexity index is 1070. The summed E-state index contributed by atoms with van der Waals surface area (Å²) in [5.41, 5.74) is 8.37. The highest BCUT2D eigenvalue weighted by molar-refractivity contribution is 7.12. The summed E-state index contributed by atoms with van der Waals surface area (Å²) in [6.45, 7) is 1.08. The lowest BCUT2D eigenvalue weighted by Crippen LogP contribution is -2.40. The molecule has 2 aromatic rings. The maximum atomic E-state index is 13.3. The van der Waals surface area contributed by atoms with E-state index in [0.29, 0.717) is 47.5 Å². The zero-order valence-electron chi connectivity index (χ0n) is 17.8. The monoisotopic (exact) mass is 479 g/mol. The second-order valence-corrected chi connectivity index (χ2v) is 9.56. The Hall–Kier alpha value is -2.88. The van der Waals surface area contributed by atoms with Crippen molar-refractivity contribution in [1.29, 1.82) is 0 Å². The molecule has 1 saturated carbocycles.